The molecule has 0 bridgehead atoms. The fourth-order valence-electron chi connectivity index (χ4n) is 1.11. The minimum absolute atomic E-state index is 0.424. The molecule has 1 radical (unpaired) electrons. The molecule has 0 saturated heterocycles. The first-order valence-electron chi connectivity index (χ1n) is 4.93. The molecule has 11 heteroatoms. The predicted octanol–water partition coefficient (Wildman–Crippen LogP) is 5.09. The fourth-order valence-corrected chi connectivity index (χ4v) is 1.11. The lowest BCUT2D eigenvalue weighted by Gasteiger charge is -2.37. The molecule has 121 valence electrons. The number of halogens is 11. The van der Waals surface area contributed by atoms with Crippen LogP contribution in [0.4, 0.5) is 48.3 Å². The fraction of sp³-hybridized carbons (Fsp3) is 0.889. The maximum absolute atomic E-state index is 12.8. The van der Waals surface area contributed by atoms with Crippen molar-refractivity contribution in [2.24, 2.45) is 0 Å². The normalized spacial score (nSPS) is 15.6. The first-order chi connectivity index (χ1) is 8.56. The van der Waals surface area contributed by atoms with Crippen molar-refractivity contribution in [1.29, 1.82) is 0 Å². The van der Waals surface area contributed by atoms with Gasteiger partial charge >= 0.3 is 29.9 Å². The Morgan fingerprint density at radius 2 is 1.00 bits per heavy atom. The van der Waals surface area contributed by atoms with Crippen molar-refractivity contribution in [3.63, 3.8) is 0 Å². The van der Waals surface area contributed by atoms with Gasteiger partial charge in [-0.05, 0) is 6.42 Å². The topological polar surface area (TPSA) is 0 Å². The van der Waals surface area contributed by atoms with E-state index >= 15 is 0 Å². The van der Waals surface area contributed by atoms with Crippen LogP contribution in [0.25, 0.3) is 0 Å². The molecule has 0 fully saturated rings. The van der Waals surface area contributed by atoms with E-state index in [4.69, 9.17) is 0 Å². The van der Waals surface area contributed by atoms with Gasteiger partial charge in [-0.3, -0.25) is 0 Å². The Labute approximate surface area is 105 Å². The van der Waals surface area contributed by atoms with Crippen molar-refractivity contribution < 1.29 is 48.3 Å². The van der Waals surface area contributed by atoms with Crippen LogP contribution in [-0.2, 0) is 0 Å². The lowest BCUT2D eigenvalue weighted by Crippen LogP contribution is -2.66. The summed E-state index contributed by atoms with van der Waals surface area (Å²) in [4.78, 5) is 0. The molecule has 0 aliphatic heterocycles. The van der Waals surface area contributed by atoms with E-state index in [1.165, 1.54) is 0 Å². The highest BCUT2D eigenvalue weighted by molar-refractivity contribution is 5.06. The molecule has 0 aromatic rings. The molecule has 0 nitrogen and oxygen atoms in total. The van der Waals surface area contributed by atoms with Crippen LogP contribution >= 0.6 is 0 Å². The molecule has 0 aromatic heterocycles. The smallest absolute Gasteiger partial charge is 0.200 e. The minimum atomic E-state index is -7.31. The Morgan fingerprint density at radius 3 is 1.30 bits per heavy atom. The number of hydrogen-bond acceptors (Lipinski definition) is 0. The van der Waals surface area contributed by atoms with Crippen molar-refractivity contribution in [3.05, 3.63) is 6.92 Å². The van der Waals surface area contributed by atoms with Gasteiger partial charge < -0.3 is 0 Å². The summed E-state index contributed by atoms with van der Waals surface area (Å²) in [5.74, 6) is -27.2. The summed E-state index contributed by atoms with van der Waals surface area (Å²) in [7, 11) is 0. The van der Waals surface area contributed by atoms with Gasteiger partial charge in [0.05, 0.1) is 0 Å². The summed E-state index contributed by atoms with van der Waals surface area (Å²) in [6.45, 7) is 2.93. The molecular formula is C9H8F11. The molecule has 0 amide bonds. The molecular weight excluding hydrogens is 317 g/mol. The molecule has 0 N–H and O–H groups in total. The summed E-state index contributed by atoms with van der Waals surface area (Å²) in [5.41, 5.74) is 0. The van der Waals surface area contributed by atoms with Crippen LogP contribution in [0.15, 0.2) is 0 Å². The first kappa shape index (κ1) is 19.2. The van der Waals surface area contributed by atoms with Gasteiger partial charge in [0.2, 0.25) is 0 Å². The van der Waals surface area contributed by atoms with E-state index < -0.39 is 49.1 Å². The highest BCUT2D eigenvalue weighted by atomic mass is 19.4. The second-order valence-electron chi connectivity index (χ2n) is 3.88. The Bertz CT molecular complexity index is 327. The molecule has 0 heterocycles. The Hall–Kier alpha value is -0.770. The third kappa shape index (κ3) is 2.80. The van der Waals surface area contributed by atoms with Gasteiger partial charge in [0.25, 0.3) is 0 Å². The van der Waals surface area contributed by atoms with Gasteiger partial charge in [-0.1, -0.05) is 13.3 Å². The molecule has 0 rings (SSSR count). The lowest BCUT2D eigenvalue weighted by atomic mass is 9.95. The Balaban J connectivity index is 5.68. The number of unbranched alkanes of at least 4 members (excludes halogenated alkanes) is 1. The van der Waals surface area contributed by atoms with Crippen LogP contribution in [0.1, 0.15) is 19.3 Å². The van der Waals surface area contributed by atoms with Crippen molar-refractivity contribution in [3.8, 4) is 0 Å². The zero-order valence-corrected chi connectivity index (χ0v) is 9.49. The highest BCUT2D eigenvalue weighted by Crippen LogP contribution is 2.58. The number of hydrogen-bond donors (Lipinski definition) is 0. The summed E-state index contributed by atoms with van der Waals surface area (Å²) in [5, 5.41) is 0. The summed E-state index contributed by atoms with van der Waals surface area (Å²) < 4.78 is 136. The van der Waals surface area contributed by atoms with Crippen molar-refractivity contribution >= 4 is 0 Å². The minimum Gasteiger partial charge on any atom is -0.200 e. The molecule has 0 aliphatic carbocycles. The van der Waals surface area contributed by atoms with Crippen LogP contribution in [0.3, 0.4) is 0 Å². The number of alkyl halides is 11. The molecule has 0 saturated carbocycles. The van der Waals surface area contributed by atoms with E-state index in [-0.39, 0.29) is 0 Å². The van der Waals surface area contributed by atoms with E-state index in [1.807, 2.05) is 0 Å². The number of rotatable bonds is 6. The summed E-state index contributed by atoms with van der Waals surface area (Å²) in [6.07, 6.45) is -10.4. The predicted molar refractivity (Wildman–Crippen MR) is 45.1 cm³/mol. The van der Waals surface area contributed by atoms with E-state index in [9.17, 15) is 48.3 Å². The van der Waals surface area contributed by atoms with Gasteiger partial charge in [0.15, 0.2) is 0 Å². The average Bonchev–Trinajstić information content (AvgIpc) is 2.24. The Kier molecular flexibility index (Phi) is 5.01. The van der Waals surface area contributed by atoms with Gasteiger partial charge in [-0.15, -0.1) is 0 Å². The molecule has 0 atom stereocenters. The first-order valence-corrected chi connectivity index (χ1v) is 4.93. The van der Waals surface area contributed by atoms with Crippen LogP contribution < -0.4 is 0 Å². The second kappa shape index (κ2) is 5.21. The molecule has 0 spiro atoms. The van der Waals surface area contributed by atoms with Crippen LogP contribution in [0.2, 0.25) is 0 Å². The van der Waals surface area contributed by atoms with Gasteiger partial charge in [-0.25, -0.2) is 0 Å². The van der Waals surface area contributed by atoms with E-state index in [0.717, 1.165) is 0 Å². The molecule has 0 unspecified atom stereocenters. The quantitative estimate of drug-likeness (QED) is 0.597. The van der Waals surface area contributed by atoms with Crippen molar-refractivity contribution in [2.75, 3.05) is 0 Å². The maximum Gasteiger partial charge on any atom is 0.460 e. The zero-order valence-electron chi connectivity index (χ0n) is 9.49. The van der Waals surface area contributed by atoms with E-state index in [1.54, 1.807) is 0 Å². The highest BCUT2D eigenvalue weighted by Gasteiger charge is 2.86. The lowest BCUT2D eigenvalue weighted by molar-refractivity contribution is -0.422. The van der Waals surface area contributed by atoms with E-state index in [0.29, 0.717) is 0 Å². The van der Waals surface area contributed by atoms with Gasteiger partial charge in [0.1, 0.15) is 0 Å². The van der Waals surface area contributed by atoms with Crippen LogP contribution in [0.5, 0.6) is 0 Å². The Morgan fingerprint density at radius 1 is 0.600 bits per heavy atom. The average molecular weight is 325 g/mol. The zero-order chi connectivity index (χ0) is 16.6. The third-order valence-electron chi connectivity index (χ3n) is 2.34. The summed E-state index contributed by atoms with van der Waals surface area (Å²) >= 11 is 0. The maximum atomic E-state index is 12.8. The van der Waals surface area contributed by atoms with Crippen LogP contribution in [-0.4, -0.2) is 29.9 Å². The standard InChI is InChI=1S/C9H8F11/c1-2-3-4-5(10,11)6(12,13)7(14,15)8(16,17)9(18,19)20/h1-4H2. The van der Waals surface area contributed by atoms with Gasteiger partial charge in [0, 0.05) is 6.42 Å². The SMILES string of the molecule is [CH2]CCCC(F)(F)C(F)(F)C(F)(F)C(F)(F)C(F)(F)F. The largest absolute Gasteiger partial charge is 0.460 e. The third-order valence-corrected chi connectivity index (χ3v) is 2.34. The molecule has 0 aromatic carbocycles. The van der Waals surface area contributed by atoms with Gasteiger partial charge in [-0.2, -0.15) is 48.3 Å². The second-order valence-corrected chi connectivity index (χ2v) is 3.88. The molecule has 20 heavy (non-hydrogen) atoms. The van der Waals surface area contributed by atoms with E-state index in [2.05, 4.69) is 6.92 Å². The van der Waals surface area contributed by atoms with Crippen LogP contribution in [0, 0.1) is 6.92 Å². The monoisotopic (exact) mass is 325 g/mol. The van der Waals surface area contributed by atoms with Crippen molar-refractivity contribution in [2.45, 2.75) is 49.1 Å². The van der Waals surface area contributed by atoms with Crippen molar-refractivity contribution in [1.82, 2.24) is 0 Å². The molecule has 0 aliphatic rings. The summed E-state index contributed by atoms with van der Waals surface area (Å²) in [6, 6.07) is 0.